The number of hydrogen-bond donors (Lipinski definition) is 0. The minimum absolute atomic E-state index is 0.202. The van der Waals surface area contributed by atoms with E-state index in [9.17, 15) is 4.79 Å². The molecule has 1 spiro atoms. The molecule has 2 saturated carbocycles. The van der Waals surface area contributed by atoms with Crippen LogP contribution in [0, 0.1) is 23.2 Å². The number of likely N-dealkylation sites (tertiary alicyclic amines) is 1. The van der Waals surface area contributed by atoms with Gasteiger partial charge in [-0.2, -0.15) is 0 Å². The molecule has 2 heterocycles. The fourth-order valence-electron chi connectivity index (χ4n) is 5.29. The number of carbonyl (C=O) groups excluding carboxylic acids is 1. The van der Waals surface area contributed by atoms with Gasteiger partial charge in [-0.15, -0.1) is 0 Å². The summed E-state index contributed by atoms with van der Waals surface area (Å²) < 4.78 is 5.99. The zero-order chi connectivity index (χ0) is 16.1. The lowest BCUT2D eigenvalue weighted by atomic mass is 9.87. The molecule has 1 aromatic rings. The van der Waals surface area contributed by atoms with Crippen molar-refractivity contribution >= 4 is 5.91 Å². The second kappa shape index (κ2) is 5.33. The van der Waals surface area contributed by atoms with Crippen molar-refractivity contribution in [3.05, 3.63) is 36.7 Å². The molecule has 4 aliphatic rings. The molecular formula is C20H24N2O2. The second-order valence-electron chi connectivity index (χ2n) is 7.92. The second-order valence-corrected chi connectivity index (χ2v) is 7.92. The first kappa shape index (κ1) is 14.5. The van der Waals surface area contributed by atoms with Crippen molar-refractivity contribution in [3.63, 3.8) is 0 Å². The third-order valence-electron chi connectivity index (χ3n) is 6.73. The molecule has 4 heteroatoms. The van der Waals surface area contributed by atoms with Crippen molar-refractivity contribution in [2.45, 2.75) is 38.2 Å². The molecule has 3 fully saturated rings. The largest absolute Gasteiger partial charge is 0.489 e. The Kier molecular flexibility index (Phi) is 3.22. The summed E-state index contributed by atoms with van der Waals surface area (Å²) in [6.45, 7) is 1.66. The van der Waals surface area contributed by atoms with Gasteiger partial charge in [-0.3, -0.25) is 9.78 Å². The van der Waals surface area contributed by atoms with Gasteiger partial charge in [0.15, 0.2) is 0 Å². The minimum atomic E-state index is 0.202. The molecule has 0 radical (unpaired) electrons. The molecule has 3 atom stereocenters. The monoisotopic (exact) mass is 324 g/mol. The van der Waals surface area contributed by atoms with Crippen LogP contribution in [-0.2, 0) is 4.79 Å². The molecule has 1 saturated heterocycles. The molecule has 1 amide bonds. The maximum absolute atomic E-state index is 13.0. The Bertz CT molecular complexity index is 659. The Hall–Kier alpha value is -1.84. The quantitative estimate of drug-likeness (QED) is 0.803. The molecule has 0 unspecified atom stereocenters. The molecule has 0 aromatic carbocycles. The Morgan fingerprint density at radius 2 is 2.08 bits per heavy atom. The summed E-state index contributed by atoms with van der Waals surface area (Å²) in [5.41, 5.74) is 0.502. The summed E-state index contributed by atoms with van der Waals surface area (Å²) in [6.07, 6.45) is 14.0. The average molecular weight is 324 g/mol. The number of rotatable bonds is 3. The standard InChI is InChI=1S/C20H24N2O2/c23-19(17-12-14-3-4-18(17)20(14)7-8-20)22-10-5-15(6-11-22)24-16-2-1-9-21-13-16/h1-4,9,13-15,17-18H,5-8,10-12H2/t14-,17+,18-/m1/s1. The van der Waals surface area contributed by atoms with Crippen LogP contribution in [0.2, 0.25) is 0 Å². The van der Waals surface area contributed by atoms with Crippen molar-refractivity contribution < 1.29 is 9.53 Å². The van der Waals surface area contributed by atoms with E-state index in [2.05, 4.69) is 22.0 Å². The summed E-state index contributed by atoms with van der Waals surface area (Å²) in [6, 6.07) is 3.84. The third kappa shape index (κ3) is 2.19. The number of amides is 1. The zero-order valence-corrected chi connectivity index (χ0v) is 13.9. The minimum Gasteiger partial charge on any atom is -0.489 e. The lowest BCUT2D eigenvalue weighted by Crippen LogP contribution is -2.45. The van der Waals surface area contributed by atoms with Gasteiger partial charge < -0.3 is 9.64 Å². The Morgan fingerprint density at radius 1 is 1.25 bits per heavy atom. The van der Waals surface area contributed by atoms with Crippen molar-refractivity contribution in [1.82, 2.24) is 9.88 Å². The number of piperidine rings is 1. The topological polar surface area (TPSA) is 42.4 Å². The number of aromatic nitrogens is 1. The highest BCUT2D eigenvalue weighted by molar-refractivity contribution is 5.80. The Morgan fingerprint density at radius 3 is 2.75 bits per heavy atom. The molecule has 126 valence electrons. The predicted molar refractivity (Wildman–Crippen MR) is 90.4 cm³/mol. The Labute approximate surface area is 142 Å². The van der Waals surface area contributed by atoms with Crippen LogP contribution in [0.5, 0.6) is 5.75 Å². The normalized spacial score (nSPS) is 33.2. The number of allylic oxidation sites excluding steroid dienone is 2. The highest BCUT2D eigenvalue weighted by atomic mass is 16.5. The van der Waals surface area contributed by atoms with Crippen molar-refractivity contribution in [2.24, 2.45) is 23.2 Å². The molecule has 24 heavy (non-hydrogen) atoms. The van der Waals surface area contributed by atoms with Crippen molar-refractivity contribution in [2.75, 3.05) is 13.1 Å². The summed E-state index contributed by atoms with van der Waals surface area (Å²) in [7, 11) is 0. The van der Waals surface area contributed by atoms with Gasteiger partial charge in [0.2, 0.25) is 5.91 Å². The van der Waals surface area contributed by atoms with Gasteiger partial charge >= 0.3 is 0 Å². The van der Waals surface area contributed by atoms with Crippen LogP contribution in [0.15, 0.2) is 36.7 Å². The van der Waals surface area contributed by atoms with E-state index in [0.29, 0.717) is 23.2 Å². The van der Waals surface area contributed by atoms with E-state index in [1.165, 1.54) is 12.8 Å². The molecule has 2 bridgehead atoms. The maximum Gasteiger partial charge on any atom is 0.226 e. The summed E-state index contributed by atoms with van der Waals surface area (Å²) in [4.78, 5) is 19.2. The smallest absolute Gasteiger partial charge is 0.226 e. The van der Waals surface area contributed by atoms with Crippen LogP contribution in [0.25, 0.3) is 0 Å². The van der Waals surface area contributed by atoms with Crippen molar-refractivity contribution in [3.8, 4) is 5.75 Å². The van der Waals surface area contributed by atoms with E-state index in [4.69, 9.17) is 4.74 Å². The molecule has 3 aliphatic carbocycles. The molecule has 5 rings (SSSR count). The lowest BCUT2D eigenvalue weighted by molar-refractivity contribution is -0.138. The van der Waals surface area contributed by atoms with Crippen LogP contribution in [0.4, 0.5) is 0 Å². The van der Waals surface area contributed by atoms with Crippen LogP contribution >= 0.6 is 0 Å². The van der Waals surface area contributed by atoms with Gasteiger partial charge in [0.25, 0.3) is 0 Å². The van der Waals surface area contributed by atoms with Crippen LogP contribution in [0.3, 0.4) is 0 Å². The average Bonchev–Trinajstić information content (AvgIpc) is 3.29. The van der Waals surface area contributed by atoms with Gasteiger partial charge in [0.05, 0.1) is 6.20 Å². The van der Waals surface area contributed by atoms with E-state index in [1.54, 1.807) is 12.4 Å². The fraction of sp³-hybridized carbons (Fsp3) is 0.600. The van der Waals surface area contributed by atoms with Crippen LogP contribution in [0.1, 0.15) is 32.1 Å². The van der Waals surface area contributed by atoms with E-state index in [1.807, 2.05) is 12.1 Å². The summed E-state index contributed by atoms with van der Waals surface area (Å²) >= 11 is 0. The van der Waals surface area contributed by atoms with E-state index < -0.39 is 0 Å². The molecule has 0 N–H and O–H groups in total. The third-order valence-corrected chi connectivity index (χ3v) is 6.73. The molecule has 1 aromatic heterocycles. The fourth-order valence-corrected chi connectivity index (χ4v) is 5.29. The number of ether oxygens (including phenoxy) is 1. The maximum atomic E-state index is 13.0. The van der Waals surface area contributed by atoms with Crippen LogP contribution < -0.4 is 4.74 Å². The first-order valence-corrected chi connectivity index (χ1v) is 9.30. The summed E-state index contributed by atoms with van der Waals surface area (Å²) in [5, 5.41) is 0. The first-order chi connectivity index (χ1) is 11.8. The van der Waals surface area contributed by atoms with Crippen LogP contribution in [-0.4, -0.2) is 35.0 Å². The van der Waals surface area contributed by atoms with Gasteiger partial charge in [-0.25, -0.2) is 0 Å². The van der Waals surface area contributed by atoms with Gasteiger partial charge in [0, 0.05) is 38.0 Å². The number of pyridine rings is 1. The number of carbonyl (C=O) groups is 1. The molecule has 4 nitrogen and oxygen atoms in total. The first-order valence-electron chi connectivity index (χ1n) is 9.30. The van der Waals surface area contributed by atoms with Gasteiger partial charge in [-0.1, -0.05) is 12.2 Å². The lowest BCUT2D eigenvalue weighted by Gasteiger charge is -2.35. The van der Waals surface area contributed by atoms with E-state index in [-0.39, 0.29) is 12.0 Å². The zero-order valence-electron chi connectivity index (χ0n) is 13.9. The van der Waals surface area contributed by atoms with E-state index >= 15 is 0 Å². The van der Waals surface area contributed by atoms with Crippen molar-refractivity contribution in [1.29, 1.82) is 0 Å². The molecular weight excluding hydrogens is 300 g/mol. The van der Waals surface area contributed by atoms with E-state index in [0.717, 1.165) is 38.1 Å². The number of hydrogen-bond acceptors (Lipinski definition) is 3. The summed E-state index contributed by atoms with van der Waals surface area (Å²) in [5.74, 6) is 2.69. The number of nitrogens with zero attached hydrogens (tertiary/aromatic N) is 2. The molecule has 1 aliphatic heterocycles. The Balaban J connectivity index is 1.19. The highest BCUT2D eigenvalue weighted by Gasteiger charge is 2.64. The van der Waals surface area contributed by atoms with Gasteiger partial charge in [-0.05, 0) is 48.6 Å². The highest BCUT2D eigenvalue weighted by Crippen LogP contribution is 2.70. The SMILES string of the molecule is O=C([C@H]1C[C@H]2C=C[C@H]1C21CC1)N1CCC(Oc2cccnc2)CC1. The predicted octanol–water partition coefficient (Wildman–Crippen LogP) is 3.05. The van der Waals surface area contributed by atoms with Gasteiger partial charge in [0.1, 0.15) is 11.9 Å².